The molecule has 6 heteroatoms. The lowest BCUT2D eigenvalue weighted by molar-refractivity contribution is -0.129. The maximum absolute atomic E-state index is 11.2. The molecule has 0 aromatic carbocycles. The van der Waals surface area contributed by atoms with E-state index >= 15 is 0 Å². The van der Waals surface area contributed by atoms with Crippen molar-refractivity contribution in [3.05, 3.63) is 60.2 Å². The van der Waals surface area contributed by atoms with Crippen LogP contribution in [0, 0.1) is 0 Å². The fraction of sp³-hybridized carbons (Fsp3) is 0.267. The number of nitrogens with zero attached hydrogens (tertiary/aromatic N) is 3. The Balaban J connectivity index is 2.01. The molecular formula is C15H18N4O2. The molecule has 2 heterocycles. The van der Waals surface area contributed by atoms with E-state index in [2.05, 4.69) is 14.9 Å². The molecule has 0 atom stereocenters. The molecule has 0 aliphatic rings. The topological polar surface area (TPSA) is 78.4 Å². The molecule has 0 saturated carbocycles. The fourth-order valence-corrected chi connectivity index (χ4v) is 2.03. The summed E-state index contributed by atoms with van der Waals surface area (Å²) in [5, 5.41) is 8.59. The summed E-state index contributed by atoms with van der Waals surface area (Å²) in [4.78, 5) is 21.5. The Hall–Kier alpha value is -2.31. The Bertz CT molecular complexity index is 507. The number of aromatic nitrogens is 2. The number of hydrogen-bond acceptors (Lipinski definition) is 5. The van der Waals surface area contributed by atoms with Gasteiger partial charge in [0.25, 0.3) is 0 Å². The summed E-state index contributed by atoms with van der Waals surface area (Å²) in [6, 6.07) is 7.76. The van der Waals surface area contributed by atoms with Crippen molar-refractivity contribution in [3.8, 4) is 0 Å². The van der Waals surface area contributed by atoms with E-state index in [-0.39, 0.29) is 6.42 Å². The molecule has 0 bridgehead atoms. The van der Waals surface area contributed by atoms with Crippen molar-refractivity contribution in [3.63, 3.8) is 0 Å². The first-order chi connectivity index (χ1) is 10.3. The summed E-state index contributed by atoms with van der Waals surface area (Å²) < 4.78 is 0. The Morgan fingerprint density at radius 1 is 1.10 bits per heavy atom. The van der Waals surface area contributed by atoms with E-state index in [4.69, 9.17) is 5.21 Å². The third kappa shape index (κ3) is 5.29. The highest BCUT2D eigenvalue weighted by atomic mass is 16.5. The zero-order valence-electron chi connectivity index (χ0n) is 11.6. The van der Waals surface area contributed by atoms with Crippen molar-refractivity contribution in [2.24, 2.45) is 0 Å². The van der Waals surface area contributed by atoms with Crippen molar-refractivity contribution < 1.29 is 10.0 Å². The van der Waals surface area contributed by atoms with Crippen molar-refractivity contribution >= 4 is 5.91 Å². The van der Waals surface area contributed by atoms with Crippen molar-refractivity contribution in [1.82, 2.24) is 20.3 Å². The second kappa shape index (κ2) is 8.08. The number of pyridine rings is 2. The first-order valence-corrected chi connectivity index (χ1v) is 6.71. The third-order valence-corrected chi connectivity index (χ3v) is 3.04. The molecule has 110 valence electrons. The number of nitrogens with one attached hydrogen (secondary N) is 1. The van der Waals surface area contributed by atoms with E-state index in [9.17, 15) is 4.79 Å². The van der Waals surface area contributed by atoms with Gasteiger partial charge in [-0.3, -0.25) is 24.9 Å². The summed E-state index contributed by atoms with van der Waals surface area (Å²) in [5.74, 6) is -0.391. The number of hydroxylamine groups is 1. The molecule has 6 nitrogen and oxygen atoms in total. The molecule has 21 heavy (non-hydrogen) atoms. The Kier molecular flexibility index (Phi) is 5.81. The van der Waals surface area contributed by atoms with Gasteiger partial charge in [-0.2, -0.15) is 0 Å². The zero-order valence-corrected chi connectivity index (χ0v) is 11.6. The molecule has 2 aromatic heterocycles. The summed E-state index contributed by atoms with van der Waals surface area (Å²) in [7, 11) is 0. The minimum atomic E-state index is -0.391. The van der Waals surface area contributed by atoms with E-state index in [0.29, 0.717) is 19.6 Å². The van der Waals surface area contributed by atoms with Gasteiger partial charge in [0, 0.05) is 50.8 Å². The molecule has 0 saturated heterocycles. The maximum atomic E-state index is 11.2. The SMILES string of the molecule is O=C(CCN(Cc1cccnc1)Cc1cccnc1)NO. The predicted octanol–water partition coefficient (Wildman–Crippen LogP) is 1.37. The van der Waals surface area contributed by atoms with Crippen LogP contribution in [0.2, 0.25) is 0 Å². The van der Waals surface area contributed by atoms with E-state index in [1.54, 1.807) is 17.9 Å². The second-order valence-electron chi connectivity index (χ2n) is 4.72. The normalized spacial score (nSPS) is 10.6. The lowest BCUT2D eigenvalue weighted by Crippen LogP contribution is -2.29. The molecule has 1 amide bonds. The first-order valence-electron chi connectivity index (χ1n) is 6.71. The number of carbonyl (C=O) groups excluding carboxylic acids is 1. The summed E-state index contributed by atoms with van der Waals surface area (Å²) in [5.41, 5.74) is 3.81. The highest BCUT2D eigenvalue weighted by Crippen LogP contribution is 2.09. The monoisotopic (exact) mass is 286 g/mol. The van der Waals surface area contributed by atoms with Crippen LogP contribution >= 0.6 is 0 Å². The molecule has 0 unspecified atom stereocenters. The molecule has 2 rings (SSSR count). The Labute approximate surface area is 123 Å². The standard InChI is InChI=1S/C15H18N4O2/c20-15(18-21)5-8-19(11-13-3-1-6-16-9-13)12-14-4-2-7-17-10-14/h1-4,6-7,9-10,21H,5,8,11-12H2,(H,18,20). The summed E-state index contributed by atoms with van der Waals surface area (Å²) >= 11 is 0. The van der Waals surface area contributed by atoms with Crippen LogP contribution in [0.25, 0.3) is 0 Å². The van der Waals surface area contributed by atoms with Gasteiger partial charge in [-0.1, -0.05) is 12.1 Å². The smallest absolute Gasteiger partial charge is 0.244 e. The van der Waals surface area contributed by atoms with Crippen LogP contribution in [0.1, 0.15) is 17.5 Å². The van der Waals surface area contributed by atoms with E-state index in [0.717, 1.165) is 11.1 Å². The van der Waals surface area contributed by atoms with E-state index in [1.807, 2.05) is 36.7 Å². The van der Waals surface area contributed by atoms with Gasteiger partial charge in [-0.15, -0.1) is 0 Å². The highest BCUT2D eigenvalue weighted by molar-refractivity contribution is 5.74. The van der Waals surface area contributed by atoms with Crippen LogP contribution < -0.4 is 5.48 Å². The van der Waals surface area contributed by atoms with Crippen LogP contribution in [0.3, 0.4) is 0 Å². The largest absolute Gasteiger partial charge is 0.294 e. The van der Waals surface area contributed by atoms with E-state index < -0.39 is 5.91 Å². The van der Waals surface area contributed by atoms with Crippen molar-refractivity contribution in [2.75, 3.05) is 6.54 Å². The van der Waals surface area contributed by atoms with Crippen LogP contribution in [0.15, 0.2) is 49.1 Å². The Morgan fingerprint density at radius 3 is 2.10 bits per heavy atom. The second-order valence-corrected chi connectivity index (χ2v) is 4.72. The van der Waals surface area contributed by atoms with Gasteiger partial charge >= 0.3 is 0 Å². The van der Waals surface area contributed by atoms with Crippen LogP contribution in [0.4, 0.5) is 0 Å². The molecule has 2 aromatic rings. The fourth-order valence-electron chi connectivity index (χ4n) is 2.03. The number of rotatable bonds is 7. The Morgan fingerprint density at radius 2 is 1.67 bits per heavy atom. The molecule has 2 N–H and O–H groups in total. The molecule has 0 spiro atoms. The molecular weight excluding hydrogens is 268 g/mol. The first kappa shape index (κ1) is 15.1. The summed E-state index contributed by atoms with van der Waals surface area (Å²) in [6.45, 7) is 1.90. The van der Waals surface area contributed by atoms with Gasteiger partial charge in [0.2, 0.25) is 5.91 Å². The lowest BCUT2D eigenvalue weighted by atomic mass is 10.2. The number of amides is 1. The quantitative estimate of drug-likeness (QED) is 0.594. The van der Waals surface area contributed by atoms with Gasteiger partial charge in [-0.25, -0.2) is 5.48 Å². The lowest BCUT2D eigenvalue weighted by Gasteiger charge is -2.21. The average molecular weight is 286 g/mol. The average Bonchev–Trinajstić information content (AvgIpc) is 2.54. The molecule has 0 fully saturated rings. The summed E-state index contributed by atoms with van der Waals surface area (Å²) in [6.07, 6.45) is 7.31. The van der Waals surface area contributed by atoms with Crippen LogP contribution in [-0.2, 0) is 17.9 Å². The van der Waals surface area contributed by atoms with Crippen LogP contribution in [0.5, 0.6) is 0 Å². The predicted molar refractivity (Wildman–Crippen MR) is 77.1 cm³/mol. The zero-order chi connectivity index (χ0) is 14.9. The number of carbonyl (C=O) groups is 1. The minimum absolute atomic E-state index is 0.233. The maximum Gasteiger partial charge on any atom is 0.244 e. The van der Waals surface area contributed by atoms with Crippen molar-refractivity contribution in [1.29, 1.82) is 0 Å². The molecule has 0 radical (unpaired) electrons. The van der Waals surface area contributed by atoms with Crippen LogP contribution in [-0.4, -0.2) is 32.5 Å². The van der Waals surface area contributed by atoms with Gasteiger partial charge in [0.15, 0.2) is 0 Å². The highest BCUT2D eigenvalue weighted by Gasteiger charge is 2.10. The molecule has 0 aliphatic heterocycles. The minimum Gasteiger partial charge on any atom is -0.294 e. The van der Waals surface area contributed by atoms with E-state index in [1.165, 1.54) is 0 Å². The van der Waals surface area contributed by atoms with Gasteiger partial charge < -0.3 is 0 Å². The van der Waals surface area contributed by atoms with Crippen molar-refractivity contribution in [2.45, 2.75) is 19.5 Å². The van der Waals surface area contributed by atoms with Gasteiger partial charge in [0.05, 0.1) is 0 Å². The third-order valence-electron chi connectivity index (χ3n) is 3.04. The molecule has 0 aliphatic carbocycles. The van der Waals surface area contributed by atoms with Gasteiger partial charge in [0.1, 0.15) is 0 Å². The van der Waals surface area contributed by atoms with Gasteiger partial charge in [-0.05, 0) is 23.3 Å². The number of hydrogen-bond donors (Lipinski definition) is 2.